The van der Waals surface area contributed by atoms with Gasteiger partial charge >= 0.3 is 0 Å². The molecule has 0 aliphatic carbocycles. The first-order valence-electron chi connectivity index (χ1n) is 8.69. The molecule has 4 aliphatic rings. The van der Waals surface area contributed by atoms with Gasteiger partial charge in [-0.15, -0.1) is 0 Å². The molecule has 1 aromatic rings. The number of non-ortho nitro benzene ring substituents is 1. The molecular weight excluding hydrogens is 340 g/mol. The van der Waals surface area contributed by atoms with E-state index in [4.69, 9.17) is 4.74 Å². The number of anilines is 1. The highest BCUT2D eigenvalue weighted by Gasteiger charge is 2.49. The molecule has 9 heteroatoms. The average Bonchev–Trinajstić information content (AvgIpc) is 2.63. The highest BCUT2D eigenvalue weighted by molar-refractivity contribution is 6.15. The Kier molecular flexibility index (Phi) is 3.83. The lowest BCUT2D eigenvalue weighted by molar-refractivity contribution is -0.385. The summed E-state index contributed by atoms with van der Waals surface area (Å²) < 4.78 is 5.66. The molecule has 5 rings (SSSR count). The van der Waals surface area contributed by atoms with Crippen LogP contribution in [0.4, 0.5) is 11.4 Å². The summed E-state index contributed by atoms with van der Waals surface area (Å²) in [6.07, 6.45) is 2.06. The minimum absolute atomic E-state index is 0.00951. The number of amides is 2. The molecule has 3 fully saturated rings. The Hall–Kier alpha value is -2.68. The van der Waals surface area contributed by atoms with Crippen LogP contribution in [0, 0.1) is 16.0 Å². The summed E-state index contributed by atoms with van der Waals surface area (Å²) in [5.41, 5.74) is -1.62. The topological polar surface area (TPSA) is 114 Å². The Labute approximate surface area is 149 Å². The third-order valence-electron chi connectivity index (χ3n) is 5.58. The number of nitro groups is 1. The maximum Gasteiger partial charge on any atom is 0.278 e. The number of nitrogens with one attached hydrogen (secondary N) is 2. The molecular formula is C17H20N4O5. The minimum Gasteiger partial charge on any atom is -0.465 e. The summed E-state index contributed by atoms with van der Waals surface area (Å²) in [5, 5.41) is 16.5. The van der Waals surface area contributed by atoms with E-state index in [2.05, 4.69) is 15.5 Å². The van der Waals surface area contributed by atoms with Gasteiger partial charge in [-0.25, -0.2) is 0 Å². The monoisotopic (exact) mass is 360 g/mol. The smallest absolute Gasteiger partial charge is 0.278 e. The number of ether oxygens (including phenoxy) is 1. The molecule has 4 aliphatic heterocycles. The quantitative estimate of drug-likeness (QED) is 0.470. The lowest BCUT2D eigenvalue weighted by atomic mass is 9.83. The van der Waals surface area contributed by atoms with Crippen LogP contribution in [-0.4, -0.2) is 52.9 Å². The van der Waals surface area contributed by atoms with Crippen LogP contribution in [0.1, 0.15) is 19.8 Å². The van der Waals surface area contributed by atoms with Gasteiger partial charge in [-0.2, -0.15) is 0 Å². The SMILES string of the molecule is CC1(C(=O)NC2CN3CCC2CC3)Oc2cc([N+](=O)[O-])ccc2NC1=O. The number of carbonyl (C=O) groups is 2. The lowest BCUT2D eigenvalue weighted by Crippen LogP contribution is -2.64. The summed E-state index contributed by atoms with van der Waals surface area (Å²) in [4.78, 5) is 38.1. The summed E-state index contributed by atoms with van der Waals surface area (Å²) in [5.74, 6) is -0.582. The molecule has 2 bridgehead atoms. The van der Waals surface area contributed by atoms with E-state index in [0.717, 1.165) is 32.5 Å². The fourth-order valence-electron chi connectivity index (χ4n) is 3.90. The van der Waals surface area contributed by atoms with Gasteiger partial charge in [0.15, 0.2) is 5.75 Å². The van der Waals surface area contributed by atoms with Gasteiger partial charge in [0.1, 0.15) is 0 Å². The first kappa shape index (κ1) is 16.8. The molecule has 0 aromatic heterocycles. The number of hydrogen-bond donors (Lipinski definition) is 2. The number of nitrogens with zero attached hydrogens (tertiary/aromatic N) is 2. The number of rotatable bonds is 3. The lowest BCUT2D eigenvalue weighted by Gasteiger charge is -2.45. The molecule has 2 amide bonds. The third-order valence-corrected chi connectivity index (χ3v) is 5.58. The van der Waals surface area contributed by atoms with Crippen molar-refractivity contribution in [2.24, 2.45) is 5.92 Å². The number of nitro benzene ring substituents is 1. The van der Waals surface area contributed by atoms with Crippen LogP contribution in [0.2, 0.25) is 0 Å². The Morgan fingerprint density at radius 3 is 2.77 bits per heavy atom. The van der Waals surface area contributed by atoms with Gasteiger partial charge in [0.2, 0.25) is 0 Å². The predicted molar refractivity (Wildman–Crippen MR) is 91.9 cm³/mol. The molecule has 0 radical (unpaired) electrons. The molecule has 2 N–H and O–H groups in total. The van der Waals surface area contributed by atoms with E-state index in [1.165, 1.54) is 25.1 Å². The normalized spacial score (nSPS) is 32.2. The van der Waals surface area contributed by atoms with Gasteiger partial charge < -0.3 is 20.3 Å². The first-order valence-corrected chi connectivity index (χ1v) is 8.69. The van der Waals surface area contributed by atoms with Gasteiger partial charge in [0.25, 0.3) is 23.1 Å². The van der Waals surface area contributed by atoms with Crippen LogP contribution in [0.5, 0.6) is 5.75 Å². The molecule has 0 saturated carbocycles. The van der Waals surface area contributed by atoms with Crippen LogP contribution in [-0.2, 0) is 9.59 Å². The van der Waals surface area contributed by atoms with E-state index < -0.39 is 22.3 Å². The van der Waals surface area contributed by atoms with Crippen LogP contribution >= 0.6 is 0 Å². The van der Waals surface area contributed by atoms with E-state index in [1.807, 2.05) is 0 Å². The molecule has 4 heterocycles. The second kappa shape index (κ2) is 5.94. The second-order valence-corrected chi connectivity index (χ2v) is 7.24. The minimum atomic E-state index is -1.77. The van der Waals surface area contributed by atoms with Gasteiger partial charge in [-0.05, 0) is 44.8 Å². The molecule has 0 spiro atoms. The highest BCUT2D eigenvalue weighted by atomic mass is 16.6. The molecule has 3 saturated heterocycles. The largest absolute Gasteiger partial charge is 0.465 e. The van der Waals surface area contributed by atoms with E-state index >= 15 is 0 Å². The van der Waals surface area contributed by atoms with Crippen LogP contribution in [0.25, 0.3) is 0 Å². The van der Waals surface area contributed by atoms with Gasteiger partial charge in [0, 0.05) is 18.7 Å². The van der Waals surface area contributed by atoms with E-state index in [0.29, 0.717) is 11.6 Å². The molecule has 2 unspecified atom stereocenters. The summed E-state index contributed by atoms with van der Waals surface area (Å²) in [7, 11) is 0. The van der Waals surface area contributed by atoms with Crippen molar-refractivity contribution < 1.29 is 19.2 Å². The summed E-state index contributed by atoms with van der Waals surface area (Å²) in [6.45, 7) is 4.25. The Morgan fingerprint density at radius 1 is 1.42 bits per heavy atom. The maximum absolute atomic E-state index is 12.9. The molecule has 26 heavy (non-hydrogen) atoms. The zero-order valence-corrected chi connectivity index (χ0v) is 14.4. The standard InChI is InChI=1S/C17H20N4O5/c1-17(16(23)19-13-9-20-6-4-10(13)5-7-20)15(22)18-12-3-2-11(21(24)25)8-14(12)26-17/h2-3,8,10,13H,4-7,9H2,1H3,(H,18,22)(H,19,23). The summed E-state index contributed by atoms with van der Waals surface area (Å²) >= 11 is 0. The highest BCUT2D eigenvalue weighted by Crippen LogP contribution is 2.37. The Balaban J connectivity index is 1.55. The Bertz CT molecular complexity index is 789. The molecule has 2 atom stereocenters. The van der Waals surface area contributed by atoms with Crippen molar-refractivity contribution in [3.05, 3.63) is 28.3 Å². The third kappa shape index (κ3) is 2.68. The van der Waals surface area contributed by atoms with Crippen molar-refractivity contribution in [2.45, 2.75) is 31.4 Å². The van der Waals surface area contributed by atoms with E-state index in [-0.39, 0.29) is 17.5 Å². The van der Waals surface area contributed by atoms with Crippen molar-refractivity contribution in [1.82, 2.24) is 10.2 Å². The maximum atomic E-state index is 12.9. The fourth-order valence-corrected chi connectivity index (χ4v) is 3.90. The van der Waals surface area contributed by atoms with Gasteiger partial charge in [0.05, 0.1) is 16.7 Å². The molecule has 138 valence electrons. The van der Waals surface area contributed by atoms with E-state index in [1.54, 1.807) is 0 Å². The number of hydrogen-bond acceptors (Lipinski definition) is 6. The zero-order chi connectivity index (χ0) is 18.5. The molecule has 1 aromatic carbocycles. The molecule has 9 nitrogen and oxygen atoms in total. The van der Waals surface area contributed by atoms with Crippen LogP contribution in [0.15, 0.2) is 18.2 Å². The number of carbonyl (C=O) groups excluding carboxylic acids is 2. The van der Waals surface area contributed by atoms with Gasteiger partial charge in [-0.3, -0.25) is 19.7 Å². The van der Waals surface area contributed by atoms with Crippen LogP contribution < -0.4 is 15.4 Å². The zero-order valence-electron chi connectivity index (χ0n) is 14.4. The van der Waals surface area contributed by atoms with Crippen molar-refractivity contribution in [1.29, 1.82) is 0 Å². The number of fused-ring (bicyclic) bond motifs is 4. The Morgan fingerprint density at radius 2 is 2.15 bits per heavy atom. The fraction of sp³-hybridized carbons (Fsp3) is 0.529. The van der Waals surface area contributed by atoms with Crippen molar-refractivity contribution in [3.63, 3.8) is 0 Å². The van der Waals surface area contributed by atoms with Crippen LogP contribution in [0.3, 0.4) is 0 Å². The number of benzene rings is 1. The van der Waals surface area contributed by atoms with Crippen molar-refractivity contribution in [3.8, 4) is 5.75 Å². The number of piperidine rings is 3. The van der Waals surface area contributed by atoms with Crippen molar-refractivity contribution in [2.75, 3.05) is 25.0 Å². The first-order chi connectivity index (χ1) is 12.4. The van der Waals surface area contributed by atoms with Crippen molar-refractivity contribution >= 4 is 23.2 Å². The second-order valence-electron chi connectivity index (χ2n) is 7.24. The average molecular weight is 360 g/mol. The predicted octanol–water partition coefficient (Wildman–Crippen LogP) is 0.895. The van der Waals surface area contributed by atoms with E-state index in [9.17, 15) is 19.7 Å². The van der Waals surface area contributed by atoms with Gasteiger partial charge in [-0.1, -0.05) is 0 Å². The summed E-state index contributed by atoms with van der Waals surface area (Å²) in [6, 6.07) is 3.88.